The highest BCUT2D eigenvalue weighted by atomic mass is 19.1. The van der Waals surface area contributed by atoms with Gasteiger partial charge in [-0.25, -0.2) is 4.39 Å². The van der Waals surface area contributed by atoms with E-state index in [4.69, 9.17) is 5.73 Å². The van der Waals surface area contributed by atoms with Gasteiger partial charge in [0.05, 0.1) is 6.04 Å². The highest BCUT2D eigenvalue weighted by Crippen LogP contribution is 2.30. The lowest BCUT2D eigenvalue weighted by Gasteiger charge is -2.26. The van der Waals surface area contributed by atoms with Gasteiger partial charge in [-0.2, -0.15) is 0 Å². The van der Waals surface area contributed by atoms with Gasteiger partial charge in [-0.1, -0.05) is 42.5 Å². The average Bonchev–Trinajstić information content (AvgIpc) is 3.40. The molecule has 0 radical (unpaired) electrons. The molecule has 1 aliphatic carbocycles. The molecule has 2 N–H and O–H groups in total. The van der Waals surface area contributed by atoms with Crippen molar-refractivity contribution in [3.8, 4) is 0 Å². The van der Waals surface area contributed by atoms with Crippen molar-refractivity contribution in [2.75, 3.05) is 6.54 Å². The molecule has 1 aliphatic rings. The molecule has 126 valence electrons. The second kappa shape index (κ2) is 7.58. The fourth-order valence-electron chi connectivity index (χ4n) is 2.84. The van der Waals surface area contributed by atoms with Crippen LogP contribution >= 0.6 is 0 Å². The van der Waals surface area contributed by atoms with E-state index in [2.05, 4.69) is 0 Å². The van der Waals surface area contributed by atoms with Crippen molar-refractivity contribution in [3.63, 3.8) is 0 Å². The summed E-state index contributed by atoms with van der Waals surface area (Å²) in [5, 5.41) is 0. The third kappa shape index (κ3) is 4.65. The molecule has 1 amide bonds. The maximum Gasteiger partial charge on any atom is 0.240 e. The number of carbonyl (C=O) groups excluding carboxylic acids is 1. The maximum atomic E-state index is 13.1. The van der Waals surface area contributed by atoms with Crippen molar-refractivity contribution in [3.05, 3.63) is 71.5 Å². The fraction of sp³-hybridized carbons (Fsp3) is 0.350. The van der Waals surface area contributed by atoms with Crippen LogP contribution in [0.2, 0.25) is 0 Å². The van der Waals surface area contributed by atoms with Crippen molar-refractivity contribution in [2.24, 2.45) is 11.7 Å². The molecule has 1 atom stereocenters. The lowest BCUT2D eigenvalue weighted by Crippen LogP contribution is -2.45. The molecule has 24 heavy (non-hydrogen) atoms. The molecule has 0 aliphatic heterocycles. The van der Waals surface area contributed by atoms with Gasteiger partial charge in [-0.3, -0.25) is 4.79 Å². The highest BCUT2D eigenvalue weighted by Gasteiger charge is 2.29. The first-order valence-electron chi connectivity index (χ1n) is 8.44. The van der Waals surface area contributed by atoms with Crippen LogP contribution in [0.5, 0.6) is 0 Å². The normalized spacial score (nSPS) is 15.1. The van der Waals surface area contributed by atoms with Crippen molar-refractivity contribution in [2.45, 2.75) is 31.8 Å². The molecule has 0 unspecified atom stereocenters. The number of rotatable bonds is 7. The molecule has 0 heterocycles. The van der Waals surface area contributed by atoms with E-state index < -0.39 is 6.04 Å². The van der Waals surface area contributed by atoms with E-state index in [1.54, 1.807) is 12.1 Å². The molecule has 3 rings (SSSR count). The summed E-state index contributed by atoms with van der Waals surface area (Å²) in [7, 11) is 0. The molecular weight excluding hydrogens is 303 g/mol. The molecule has 1 fully saturated rings. The number of nitrogens with two attached hydrogens (primary N) is 1. The quantitative estimate of drug-likeness (QED) is 0.850. The van der Waals surface area contributed by atoms with Gasteiger partial charge in [0.15, 0.2) is 0 Å². The Balaban J connectivity index is 1.67. The number of hydrogen-bond acceptors (Lipinski definition) is 2. The highest BCUT2D eigenvalue weighted by molar-refractivity contribution is 5.82. The third-order valence-corrected chi connectivity index (χ3v) is 4.39. The summed E-state index contributed by atoms with van der Waals surface area (Å²) in [5.74, 6) is 0.285. The first-order chi connectivity index (χ1) is 11.6. The van der Waals surface area contributed by atoms with Gasteiger partial charge in [-0.05, 0) is 48.4 Å². The Hall–Kier alpha value is -2.20. The molecule has 2 aromatic rings. The molecule has 0 spiro atoms. The van der Waals surface area contributed by atoms with Crippen LogP contribution in [0.15, 0.2) is 54.6 Å². The summed E-state index contributed by atoms with van der Waals surface area (Å²) in [6.07, 6.45) is 2.87. The van der Waals surface area contributed by atoms with E-state index in [9.17, 15) is 9.18 Å². The molecule has 2 aromatic carbocycles. The Bertz CT molecular complexity index is 668. The zero-order valence-corrected chi connectivity index (χ0v) is 13.7. The Morgan fingerprint density at radius 1 is 1.08 bits per heavy atom. The van der Waals surface area contributed by atoms with E-state index in [1.165, 1.54) is 25.0 Å². The SMILES string of the molecule is N[C@@H](Cc1ccccc1)C(=O)N(Cc1ccc(F)cc1)CC1CC1. The largest absolute Gasteiger partial charge is 0.337 e. The van der Waals surface area contributed by atoms with Crippen molar-refractivity contribution >= 4 is 5.91 Å². The van der Waals surface area contributed by atoms with Crippen LogP contribution in [0, 0.1) is 11.7 Å². The molecular formula is C20H23FN2O. The predicted octanol–water partition coefficient (Wildman–Crippen LogP) is 3.13. The van der Waals surface area contributed by atoms with Crippen LogP contribution in [0.1, 0.15) is 24.0 Å². The summed E-state index contributed by atoms with van der Waals surface area (Å²) >= 11 is 0. The molecule has 0 saturated heterocycles. The van der Waals surface area contributed by atoms with Crippen LogP contribution < -0.4 is 5.73 Å². The summed E-state index contributed by atoms with van der Waals surface area (Å²) in [6, 6.07) is 15.6. The minimum Gasteiger partial charge on any atom is -0.337 e. The third-order valence-electron chi connectivity index (χ3n) is 4.39. The second-order valence-electron chi connectivity index (χ2n) is 6.58. The van der Waals surface area contributed by atoms with Crippen molar-refractivity contribution < 1.29 is 9.18 Å². The van der Waals surface area contributed by atoms with Crippen LogP contribution in [0.3, 0.4) is 0 Å². The lowest BCUT2D eigenvalue weighted by molar-refractivity contribution is -0.133. The van der Waals surface area contributed by atoms with Gasteiger partial charge in [-0.15, -0.1) is 0 Å². The van der Waals surface area contributed by atoms with E-state index in [-0.39, 0.29) is 11.7 Å². The van der Waals surface area contributed by atoms with Gasteiger partial charge >= 0.3 is 0 Å². The zero-order valence-electron chi connectivity index (χ0n) is 13.7. The molecule has 0 aromatic heterocycles. The Kier molecular flexibility index (Phi) is 5.26. The zero-order chi connectivity index (χ0) is 16.9. The number of nitrogens with zero attached hydrogens (tertiary/aromatic N) is 1. The minimum absolute atomic E-state index is 0.0323. The number of halogens is 1. The van der Waals surface area contributed by atoms with Gasteiger partial charge in [0.25, 0.3) is 0 Å². The van der Waals surface area contributed by atoms with Crippen molar-refractivity contribution in [1.29, 1.82) is 0 Å². The Labute approximate surface area is 142 Å². The summed E-state index contributed by atoms with van der Waals surface area (Å²) in [4.78, 5) is 14.6. The van der Waals surface area contributed by atoms with E-state index in [0.29, 0.717) is 18.9 Å². The standard InChI is InChI=1S/C20H23FN2O/c21-18-10-8-17(9-11-18)14-23(13-16-6-7-16)20(24)19(22)12-15-4-2-1-3-5-15/h1-5,8-11,16,19H,6-7,12-14,22H2/t19-/m0/s1. The van der Waals surface area contributed by atoms with Gasteiger partial charge in [0.2, 0.25) is 5.91 Å². The fourth-order valence-corrected chi connectivity index (χ4v) is 2.84. The monoisotopic (exact) mass is 326 g/mol. The smallest absolute Gasteiger partial charge is 0.240 e. The van der Waals surface area contributed by atoms with Crippen LogP contribution in [-0.2, 0) is 17.8 Å². The number of benzene rings is 2. The topological polar surface area (TPSA) is 46.3 Å². The summed E-state index contributed by atoms with van der Waals surface area (Å²) in [6.45, 7) is 1.22. The molecule has 0 bridgehead atoms. The second-order valence-corrected chi connectivity index (χ2v) is 6.58. The van der Waals surface area contributed by atoms with Gasteiger partial charge < -0.3 is 10.6 Å². The van der Waals surface area contributed by atoms with Crippen LogP contribution in [0.4, 0.5) is 4.39 Å². The van der Waals surface area contributed by atoms with Gasteiger partial charge in [0, 0.05) is 13.1 Å². The summed E-state index contributed by atoms with van der Waals surface area (Å²) in [5.41, 5.74) is 8.16. The first kappa shape index (κ1) is 16.7. The van der Waals surface area contributed by atoms with Crippen molar-refractivity contribution in [1.82, 2.24) is 4.90 Å². The van der Waals surface area contributed by atoms with Crippen LogP contribution in [0.25, 0.3) is 0 Å². The van der Waals surface area contributed by atoms with E-state index >= 15 is 0 Å². The summed E-state index contributed by atoms with van der Waals surface area (Å²) < 4.78 is 13.1. The number of hydrogen-bond donors (Lipinski definition) is 1. The first-order valence-corrected chi connectivity index (χ1v) is 8.44. The number of carbonyl (C=O) groups is 1. The lowest BCUT2D eigenvalue weighted by atomic mass is 10.0. The molecule has 3 nitrogen and oxygen atoms in total. The molecule has 1 saturated carbocycles. The number of amides is 1. The van der Waals surface area contributed by atoms with Crippen LogP contribution in [-0.4, -0.2) is 23.4 Å². The Morgan fingerprint density at radius 2 is 1.75 bits per heavy atom. The minimum atomic E-state index is -0.549. The van der Waals surface area contributed by atoms with Gasteiger partial charge in [0.1, 0.15) is 5.82 Å². The molecule has 4 heteroatoms. The van der Waals surface area contributed by atoms with E-state index in [0.717, 1.165) is 17.7 Å². The predicted molar refractivity (Wildman–Crippen MR) is 92.7 cm³/mol. The Morgan fingerprint density at radius 3 is 2.38 bits per heavy atom. The maximum absolute atomic E-state index is 13.1. The van der Waals surface area contributed by atoms with E-state index in [1.807, 2.05) is 35.2 Å². The average molecular weight is 326 g/mol.